The summed E-state index contributed by atoms with van der Waals surface area (Å²) in [4.78, 5) is 23.8. The van der Waals surface area contributed by atoms with Crippen molar-refractivity contribution in [2.45, 2.75) is 58.7 Å². The fourth-order valence-corrected chi connectivity index (χ4v) is 5.84. The van der Waals surface area contributed by atoms with Crippen LogP contribution in [0, 0.1) is 13.8 Å². The van der Waals surface area contributed by atoms with Crippen molar-refractivity contribution >= 4 is 17.5 Å². The van der Waals surface area contributed by atoms with E-state index in [4.69, 9.17) is 9.97 Å². The van der Waals surface area contributed by atoms with Gasteiger partial charge < -0.3 is 10.2 Å². The van der Waals surface area contributed by atoms with Gasteiger partial charge in [0.25, 0.3) is 0 Å². The van der Waals surface area contributed by atoms with E-state index < -0.39 is 0 Å². The van der Waals surface area contributed by atoms with Crippen LogP contribution in [0.3, 0.4) is 0 Å². The van der Waals surface area contributed by atoms with Gasteiger partial charge in [-0.05, 0) is 56.0 Å². The number of aryl methyl sites for hydroxylation is 2. The van der Waals surface area contributed by atoms with Gasteiger partial charge in [-0.25, -0.2) is 24.6 Å². The molecule has 3 aliphatic heterocycles. The highest BCUT2D eigenvalue weighted by atomic mass is 15.4. The molecule has 3 saturated heterocycles. The molecule has 11 heteroatoms. The molecule has 8 rings (SSSR count). The van der Waals surface area contributed by atoms with Crippen LogP contribution in [0.15, 0.2) is 61.1 Å². The minimum atomic E-state index is 0.403. The summed E-state index contributed by atoms with van der Waals surface area (Å²) in [6.07, 6.45) is 7.08. The number of anilines is 3. The number of fused-ring (bicyclic) bond motifs is 2. The fourth-order valence-electron chi connectivity index (χ4n) is 5.84. The monoisotopic (exact) mass is 561 g/mol. The van der Waals surface area contributed by atoms with E-state index in [0.717, 1.165) is 59.7 Å². The molecule has 0 saturated carbocycles. The molecule has 214 valence electrons. The molecule has 5 aromatic heterocycles. The van der Waals surface area contributed by atoms with E-state index >= 15 is 0 Å². The van der Waals surface area contributed by atoms with Crippen LogP contribution in [0.2, 0.25) is 0 Å². The number of nitrogens with zero attached hydrogens (tertiary/aromatic N) is 9. The van der Waals surface area contributed by atoms with Gasteiger partial charge in [-0.3, -0.25) is 10.00 Å². The lowest BCUT2D eigenvalue weighted by Crippen LogP contribution is -2.68. The Morgan fingerprint density at radius 3 is 2.40 bits per heavy atom. The van der Waals surface area contributed by atoms with Gasteiger partial charge >= 0.3 is 0 Å². The van der Waals surface area contributed by atoms with Gasteiger partial charge in [0, 0.05) is 79.4 Å². The Balaban J connectivity index is 0.977. The lowest BCUT2D eigenvalue weighted by molar-refractivity contribution is -0.00875. The summed E-state index contributed by atoms with van der Waals surface area (Å²) in [6.45, 7) is 11.1. The maximum Gasteiger partial charge on any atom is 0.163 e. The number of aromatic amines is 1. The van der Waals surface area contributed by atoms with Gasteiger partial charge in [0.2, 0.25) is 0 Å². The van der Waals surface area contributed by atoms with Gasteiger partial charge in [-0.15, -0.1) is 0 Å². The molecule has 11 nitrogen and oxygen atoms in total. The van der Waals surface area contributed by atoms with E-state index in [1.54, 1.807) is 0 Å². The Bertz CT molecular complexity index is 1670. The highest BCUT2D eigenvalue weighted by Crippen LogP contribution is 2.35. The van der Waals surface area contributed by atoms with Gasteiger partial charge in [-0.2, -0.15) is 10.2 Å². The number of rotatable bonds is 8. The van der Waals surface area contributed by atoms with Crippen molar-refractivity contribution in [3.63, 3.8) is 0 Å². The van der Waals surface area contributed by atoms with E-state index in [0.29, 0.717) is 29.6 Å². The van der Waals surface area contributed by atoms with Crippen LogP contribution in [0.25, 0.3) is 17.2 Å². The third-order valence-corrected chi connectivity index (χ3v) is 8.10. The number of piperazine rings is 1. The third-order valence-electron chi connectivity index (χ3n) is 8.10. The summed E-state index contributed by atoms with van der Waals surface area (Å²) in [7, 11) is 0. The number of aromatic nitrogens is 8. The summed E-state index contributed by atoms with van der Waals surface area (Å²) in [5, 5.41) is 15.1. The van der Waals surface area contributed by atoms with Gasteiger partial charge in [0.15, 0.2) is 17.5 Å². The minimum Gasteiger partial charge on any atom is -0.353 e. The number of hydrogen-bond acceptors (Lipinski definition) is 9. The van der Waals surface area contributed by atoms with E-state index in [9.17, 15) is 0 Å². The molecule has 42 heavy (non-hydrogen) atoms. The van der Waals surface area contributed by atoms with E-state index in [2.05, 4.69) is 84.6 Å². The van der Waals surface area contributed by atoms with Crippen LogP contribution in [0.5, 0.6) is 0 Å². The molecular weight excluding hydrogens is 526 g/mol. The molecule has 0 aliphatic carbocycles. The molecule has 3 fully saturated rings. The summed E-state index contributed by atoms with van der Waals surface area (Å²) >= 11 is 0. The van der Waals surface area contributed by atoms with Crippen molar-refractivity contribution in [2.75, 3.05) is 23.3 Å². The predicted octanol–water partition coefficient (Wildman–Crippen LogP) is 4.79. The highest BCUT2D eigenvalue weighted by Gasteiger charge is 2.44. The zero-order valence-electron chi connectivity index (χ0n) is 24.4. The second-order valence-electron chi connectivity index (χ2n) is 11.7. The maximum atomic E-state index is 4.81. The minimum absolute atomic E-state index is 0.403. The van der Waals surface area contributed by atoms with Gasteiger partial charge in [0.05, 0.1) is 5.69 Å². The standard InChI is InChI=1S/C31H35N11/c1-19(2)26-9-10-42(39-26)30-7-5-22(14-32-30)16-41-24-13-25(41)18-40(17-24)29-8-6-23(15-33-29)31-34-20(3)11-27(36-31)35-28-12-21(4)37-38-28/h5-12,14-15,19,24-25H,13,16-18H2,1-4H3,(H2,34,35,36,37,38). The molecule has 5 aromatic rings. The molecule has 0 amide bonds. The second kappa shape index (κ2) is 10.6. The molecule has 0 aromatic carbocycles. The molecule has 2 N–H and O–H groups in total. The van der Waals surface area contributed by atoms with Crippen LogP contribution in [-0.2, 0) is 6.54 Å². The molecule has 2 bridgehead atoms. The average molecular weight is 562 g/mol. The lowest BCUT2D eigenvalue weighted by Gasteiger charge is -2.56. The van der Waals surface area contributed by atoms with Gasteiger partial charge in [0.1, 0.15) is 11.6 Å². The average Bonchev–Trinajstić information content (AvgIpc) is 3.65. The first-order valence-electron chi connectivity index (χ1n) is 14.5. The van der Waals surface area contributed by atoms with Crippen LogP contribution in [0.4, 0.5) is 17.5 Å². The molecule has 3 aliphatic rings. The predicted molar refractivity (Wildman–Crippen MR) is 162 cm³/mol. The van der Waals surface area contributed by atoms with E-state index in [-0.39, 0.29) is 0 Å². The molecule has 0 spiro atoms. The van der Waals surface area contributed by atoms with E-state index in [1.165, 1.54) is 12.0 Å². The Hall–Kier alpha value is -4.64. The van der Waals surface area contributed by atoms with Crippen LogP contribution < -0.4 is 10.2 Å². The van der Waals surface area contributed by atoms with Crippen molar-refractivity contribution in [3.05, 3.63) is 83.7 Å². The first-order chi connectivity index (χ1) is 20.4. The normalized spacial score (nSPS) is 18.4. The first kappa shape index (κ1) is 26.3. The second-order valence-corrected chi connectivity index (χ2v) is 11.7. The van der Waals surface area contributed by atoms with E-state index in [1.807, 2.05) is 49.3 Å². The zero-order valence-corrected chi connectivity index (χ0v) is 24.4. The molecule has 2 unspecified atom stereocenters. The van der Waals surface area contributed by atoms with Crippen molar-refractivity contribution in [1.82, 2.24) is 44.8 Å². The SMILES string of the molecule is Cc1cc(Nc2cc(C)[nH]n2)nc(-c2ccc(N3CC4CC(C3)N4Cc3ccc(-n4ccc(C(C)C)n4)nc3)nc2)n1. The summed E-state index contributed by atoms with van der Waals surface area (Å²) in [6, 6.07) is 15.3. The Kier molecular flexibility index (Phi) is 6.66. The van der Waals surface area contributed by atoms with Crippen LogP contribution in [-0.4, -0.2) is 70.0 Å². The number of nitrogens with one attached hydrogen (secondary N) is 2. The molecule has 8 heterocycles. The smallest absolute Gasteiger partial charge is 0.163 e. The topological polar surface area (TPSA) is 117 Å². The van der Waals surface area contributed by atoms with Gasteiger partial charge in [-0.1, -0.05) is 19.9 Å². The number of H-pyrrole nitrogens is 1. The van der Waals surface area contributed by atoms with Crippen LogP contribution >= 0.6 is 0 Å². The number of piperidine rings is 1. The van der Waals surface area contributed by atoms with Crippen molar-refractivity contribution < 1.29 is 0 Å². The maximum absolute atomic E-state index is 4.81. The zero-order chi connectivity index (χ0) is 28.8. The Morgan fingerprint density at radius 2 is 1.74 bits per heavy atom. The quantitative estimate of drug-likeness (QED) is 0.276. The van der Waals surface area contributed by atoms with Crippen molar-refractivity contribution in [3.8, 4) is 17.2 Å². The largest absolute Gasteiger partial charge is 0.353 e. The summed E-state index contributed by atoms with van der Waals surface area (Å²) in [5.74, 6) is 4.33. The van der Waals surface area contributed by atoms with Crippen molar-refractivity contribution in [2.24, 2.45) is 0 Å². The van der Waals surface area contributed by atoms with Crippen molar-refractivity contribution in [1.29, 1.82) is 0 Å². The molecule has 0 radical (unpaired) electrons. The number of pyridine rings is 2. The fraction of sp³-hybridized carbons (Fsp3) is 0.355. The molecular formula is C31H35N11. The summed E-state index contributed by atoms with van der Waals surface area (Å²) < 4.78 is 1.86. The van der Waals surface area contributed by atoms with Crippen LogP contribution in [0.1, 0.15) is 48.8 Å². The Morgan fingerprint density at radius 1 is 0.929 bits per heavy atom. The summed E-state index contributed by atoms with van der Waals surface area (Å²) in [5.41, 5.74) is 5.06. The Labute approximate surface area is 245 Å². The lowest BCUT2D eigenvalue weighted by atomic mass is 9.87. The molecule has 2 atom stereocenters. The third kappa shape index (κ3) is 5.23. The first-order valence-corrected chi connectivity index (χ1v) is 14.5. The number of hydrogen-bond donors (Lipinski definition) is 2. The highest BCUT2D eigenvalue weighted by molar-refractivity contribution is 5.61.